The summed E-state index contributed by atoms with van der Waals surface area (Å²) in [6, 6.07) is 11.3. The van der Waals surface area contributed by atoms with E-state index in [9.17, 15) is 8.78 Å². The lowest BCUT2D eigenvalue weighted by Crippen LogP contribution is -2.11. The summed E-state index contributed by atoms with van der Waals surface area (Å²) in [4.78, 5) is 0. The van der Waals surface area contributed by atoms with Crippen LogP contribution in [0.3, 0.4) is 0 Å². The third-order valence-corrected chi connectivity index (χ3v) is 6.21. The Balaban J connectivity index is 1.70. The molecule has 0 heterocycles. The molecule has 3 aromatic carbocycles. The molecule has 144 valence electrons. The van der Waals surface area contributed by atoms with Crippen LogP contribution in [0.15, 0.2) is 55.1 Å². The summed E-state index contributed by atoms with van der Waals surface area (Å²) < 4.78 is 42.7. The average molecular weight is 401 g/mol. The first-order chi connectivity index (χ1) is 13.5. The van der Waals surface area contributed by atoms with Crippen molar-refractivity contribution in [1.82, 2.24) is 0 Å². The minimum Gasteiger partial charge on any atom is -0.206 e. The molecule has 28 heavy (non-hydrogen) atoms. The molecule has 0 radical (unpaired) electrons. The first-order valence-electron chi connectivity index (χ1n) is 9.47. The van der Waals surface area contributed by atoms with Crippen LogP contribution < -0.4 is 0 Å². The second-order valence-electron chi connectivity index (χ2n) is 7.51. The van der Waals surface area contributed by atoms with E-state index in [2.05, 4.69) is 6.58 Å². The van der Waals surface area contributed by atoms with E-state index < -0.39 is 22.5 Å². The topological polar surface area (TPSA) is 0 Å². The Hall–Kier alpha value is -2.26. The lowest BCUT2D eigenvalue weighted by molar-refractivity contribution is 0.376. The summed E-state index contributed by atoms with van der Waals surface area (Å²) in [6.07, 6.45) is 6.51. The number of hydrogen-bond acceptors (Lipinski definition) is 0. The van der Waals surface area contributed by atoms with E-state index in [0.29, 0.717) is 17.2 Å². The molecular formula is C24H20ClF3. The second-order valence-corrected chi connectivity index (χ2v) is 7.89. The molecule has 4 rings (SSSR count). The van der Waals surface area contributed by atoms with Crippen molar-refractivity contribution in [3.8, 4) is 11.1 Å². The van der Waals surface area contributed by atoms with Crippen LogP contribution in [0.4, 0.5) is 13.2 Å². The summed E-state index contributed by atoms with van der Waals surface area (Å²) >= 11 is 5.53. The lowest BCUT2D eigenvalue weighted by atomic mass is 9.78. The molecular weight excluding hydrogens is 381 g/mol. The highest BCUT2D eigenvalue weighted by Gasteiger charge is 2.21. The zero-order valence-electron chi connectivity index (χ0n) is 15.3. The van der Waals surface area contributed by atoms with Gasteiger partial charge in [0.2, 0.25) is 0 Å². The fraction of sp³-hybridized carbons (Fsp3) is 0.250. The van der Waals surface area contributed by atoms with Crippen LogP contribution in [-0.2, 0) is 0 Å². The molecule has 1 aliphatic carbocycles. The second kappa shape index (κ2) is 7.63. The van der Waals surface area contributed by atoms with Crippen LogP contribution in [0.25, 0.3) is 21.9 Å². The molecule has 0 amide bonds. The third-order valence-electron chi connectivity index (χ3n) is 5.85. The highest BCUT2D eigenvalue weighted by atomic mass is 35.5. The quantitative estimate of drug-likeness (QED) is 0.308. The molecule has 0 aliphatic heterocycles. The van der Waals surface area contributed by atoms with Crippen LogP contribution in [0.2, 0.25) is 5.02 Å². The van der Waals surface area contributed by atoms with E-state index >= 15 is 4.39 Å². The van der Waals surface area contributed by atoms with Gasteiger partial charge in [-0.1, -0.05) is 48.0 Å². The first kappa shape index (κ1) is 19.1. The Bertz CT molecular complexity index is 1030. The van der Waals surface area contributed by atoms with E-state index in [1.165, 1.54) is 5.56 Å². The van der Waals surface area contributed by atoms with Crippen LogP contribution in [-0.4, -0.2) is 0 Å². The fourth-order valence-electron chi connectivity index (χ4n) is 4.19. The molecule has 0 bridgehead atoms. The molecule has 0 aromatic heterocycles. The zero-order chi connectivity index (χ0) is 19.8. The van der Waals surface area contributed by atoms with Crippen molar-refractivity contribution in [3.05, 3.63) is 83.2 Å². The average Bonchev–Trinajstić information content (AvgIpc) is 2.72. The van der Waals surface area contributed by atoms with Crippen molar-refractivity contribution in [2.45, 2.75) is 31.6 Å². The van der Waals surface area contributed by atoms with Crippen LogP contribution in [0.1, 0.15) is 37.2 Å². The lowest BCUT2D eigenvalue weighted by Gasteiger charge is -2.27. The maximum atomic E-state index is 15.1. The van der Waals surface area contributed by atoms with Crippen molar-refractivity contribution in [2.24, 2.45) is 5.92 Å². The van der Waals surface area contributed by atoms with Gasteiger partial charge in [-0.2, -0.15) is 0 Å². The normalized spacial score (nSPS) is 19.7. The van der Waals surface area contributed by atoms with Crippen molar-refractivity contribution in [2.75, 3.05) is 0 Å². The Morgan fingerprint density at radius 1 is 0.893 bits per heavy atom. The van der Waals surface area contributed by atoms with Gasteiger partial charge < -0.3 is 0 Å². The predicted molar refractivity (Wildman–Crippen MR) is 109 cm³/mol. The monoisotopic (exact) mass is 400 g/mol. The van der Waals surface area contributed by atoms with E-state index in [1.807, 2.05) is 18.2 Å². The molecule has 0 saturated heterocycles. The largest absolute Gasteiger partial charge is 0.206 e. The van der Waals surface area contributed by atoms with Gasteiger partial charge in [0.25, 0.3) is 0 Å². The van der Waals surface area contributed by atoms with Crippen molar-refractivity contribution < 1.29 is 13.2 Å². The van der Waals surface area contributed by atoms with Gasteiger partial charge in [-0.15, -0.1) is 6.58 Å². The molecule has 0 spiro atoms. The van der Waals surface area contributed by atoms with Gasteiger partial charge in [-0.3, -0.25) is 0 Å². The number of rotatable bonds is 3. The Morgan fingerprint density at radius 3 is 2.21 bits per heavy atom. The standard InChI is InChI=1S/C24H20ClF3/c1-2-14-3-5-15(6-4-14)16-7-9-19-17(11-16)8-10-20(24(19)28)18-12-21(26)23(25)22(27)13-18/h2,7-15H,1,3-6H2. The summed E-state index contributed by atoms with van der Waals surface area (Å²) in [7, 11) is 0. The summed E-state index contributed by atoms with van der Waals surface area (Å²) in [5.74, 6) is -1.22. The first-order valence-corrected chi connectivity index (χ1v) is 9.85. The van der Waals surface area contributed by atoms with Crippen LogP contribution in [0, 0.1) is 23.4 Å². The Morgan fingerprint density at radius 2 is 1.57 bits per heavy atom. The predicted octanol–water partition coefficient (Wildman–Crippen LogP) is 8.04. The van der Waals surface area contributed by atoms with Gasteiger partial charge in [0, 0.05) is 10.9 Å². The minimum absolute atomic E-state index is 0.130. The molecule has 0 N–H and O–H groups in total. The number of benzene rings is 3. The van der Waals surface area contributed by atoms with Gasteiger partial charge in [-0.05, 0) is 66.2 Å². The summed E-state index contributed by atoms with van der Waals surface area (Å²) in [5, 5.41) is 0.650. The van der Waals surface area contributed by atoms with Crippen molar-refractivity contribution >= 4 is 22.4 Å². The number of halogens is 4. The SMILES string of the molecule is C=CC1CCC(c2ccc3c(F)c(-c4cc(F)c(Cl)c(F)c4)ccc3c2)CC1. The maximum absolute atomic E-state index is 15.1. The van der Waals surface area contributed by atoms with Crippen LogP contribution >= 0.6 is 11.6 Å². The van der Waals surface area contributed by atoms with E-state index in [1.54, 1.807) is 18.2 Å². The van der Waals surface area contributed by atoms with Gasteiger partial charge in [0.15, 0.2) is 0 Å². The molecule has 1 saturated carbocycles. The maximum Gasteiger partial charge on any atom is 0.145 e. The molecule has 0 nitrogen and oxygen atoms in total. The number of hydrogen-bond donors (Lipinski definition) is 0. The summed E-state index contributed by atoms with van der Waals surface area (Å²) in [6.45, 7) is 3.89. The third kappa shape index (κ3) is 3.44. The molecule has 1 aliphatic rings. The highest BCUT2D eigenvalue weighted by Crippen LogP contribution is 2.38. The van der Waals surface area contributed by atoms with Gasteiger partial charge in [-0.25, -0.2) is 13.2 Å². The highest BCUT2D eigenvalue weighted by molar-refractivity contribution is 6.31. The molecule has 3 aromatic rings. The van der Waals surface area contributed by atoms with Crippen LogP contribution in [0.5, 0.6) is 0 Å². The van der Waals surface area contributed by atoms with Gasteiger partial charge in [0.05, 0.1) is 0 Å². The Labute approximate surface area is 167 Å². The Kier molecular flexibility index (Phi) is 5.20. The van der Waals surface area contributed by atoms with E-state index in [4.69, 9.17) is 11.6 Å². The zero-order valence-corrected chi connectivity index (χ0v) is 16.1. The molecule has 4 heteroatoms. The molecule has 0 unspecified atom stereocenters. The smallest absolute Gasteiger partial charge is 0.145 e. The van der Waals surface area contributed by atoms with Crippen molar-refractivity contribution in [3.63, 3.8) is 0 Å². The minimum atomic E-state index is -0.901. The number of fused-ring (bicyclic) bond motifs is 1. The van der Waals surface area contributed by atoms with Crippen molar-refractivity contribution in [1.29, 1.82) is 0 Å². The van der Waals surface area contributed by atoms with Gasteiger partial charge >= 0.3 is 0 Å². The molecule has 0 atom stereocenters. The van der Waals surface area contributed by atoms with E-state index in [0.717, 1.165) is 43.2 Å². The number of allylic oxidation sites excluding steroid dienone is 1. The summed E-state index contributed by atoms with van der Waals surface area (Å²) in [5.41, 5.74) is 1.50. The fourth-order valence-corrected chi connectivity index (χ4v) is 4.30. The van der Waals surface area contributed by atoms with Gasteiger partial charge in [0.1, 0.15) is 22.5 Å². The molecule has 1 fully saturated rings. The van der Waals surface area contributed by atoms with E-state index in [-0.39, 0.29) is 11.1 Å².